The van der Waals surface area contributed by atoms with Gasteiger partial charge in [-0.05, 0) is 50.2 Å². The molecule has 1 fully saturated rings. The molecule has 5 heteroatoms. The number of halogens is 4. The lowest BCUT2D eigenvalue weighted by Crippen LogP contribution is -2.37. The minimum Gasteiger partial charge on any atom is -0.429 e. The Bertz CT molecular complexity index is 508. The molecule has 0 unspecified atom stereocenters. The molecule has 0 saturated heterocycles. The van der Waals surface area contributed by atoms with Crippen LogP contribution < -0.4 is 4.74 Å². The SMILES string of the molecule is CCCC1CCC(C(F)(F)Oc2ccc(C)c(F)c2F)CC1. The van der Waals surface area contributed by atoms with Gasteiger partial charge in [-0.1, -0.05) is 25.8 Å². The van der Waals surface area contributed by atoms with Crippen LogP contribution in [0.4, 0.5) is 17.6 Å². The maximum Gasteiger partial charge on any atom is 0.400 e. The molecule has 1 nitrogen and oxygen atoms in total. The molecule has 0 aliphatic heterocycles. The van der Waals surface area contributed by atoms with Crippen molar-refractivity contribution in [2.24, 2.45) is 11.8 Å². The molecule has 0 aromatic heterocycles. The van der Waals surface area contributed by atoms with Gasteiger partial charge in [0.25, 0.3) is 0 Å². The predicted octanol–water partition coefficient (Wildman–Crippen LogP) is 5.85. The molecular weight excluding hydrogens is 296 g/mol. The van der Waals surface area contributed by atoms with Gasteiger partial charge >= 0.3 is 6.11 Å². The minimum absolute atomic E-state index is 0.0632. The van der Waals surface area contributed by atoms with E-state index in [1.807, 2.05) is 0 Å². The summed E-state index contributed by atoms with van der Waals surface area (Å²) in [4.78, 5) is 0. The van der Waals surface area contributed by atoms with Crippen molar-refractivity contribution in [1.82, 2.24) is 0 Å². The first-order valence-electron chi connectivity index (χ1n) is 7.86. The summed E-state index contributed by atoms with van der Waals surface area (Å²) in [5.41, 5.74) is 0.0632. The van der Waals surface area contributed by atoms with E-state index in [1.165, 1.54) is 13.0 Å². The topological polar surface area (TPSA) is 9.23 Å². The van der Waals surface area contributed by atoms with Crippen molar-refractivity contribution in [3.63, 3.8) is 0 Å². The Labute approximate surface area is 128 Å². The Balaban J connectivity index is 2.04. The summed E-state index contributed by atoms with van der Waals surface area (Å²) in [5.74, 6) is -3.65. The highest BCUT2D eigenvalue weighted by Crippen LogP contribution is 2.41. The van der Waals surface area contributed by atoms with Gasteiger partial charge in [-0.25, -0.2) is 4.39 Å². The number of hydrogen-bond donors (Lipinski definition) is 0. The lowest BCUT2D eigenvalue weighted by molar-refractivity contribution is -0.224. The molecule has 0 atom stereocenters. The zero-order valence-corrected chi connectivity index (χ0v) is 13.0. The van der Waals surface area contributed by atoms with Gasteiger partial charge in [-0.2, -0.15) is 13.2 Å². The van der Waals surface area contributed by atoms with E-state index < -0.39 is 29.4 Å². The van der Waals surface area contributed by atoms with Crippen LogP contribution in [0, 0.1) is 30.4 Å². The normalized spacial score (nSPS) is 22.6. The van der Waals surface area contributed by atoms with Crippen LogP contribution in [0.5, 0.6) is 5.75 Å². The van der Waals surface area contributed by atoms with Crippen molar-refractivity contribution in [1.29, 1.82) is 0 Å². The molecule has 22 heavy (non-hydrogen) atoms. The fourth-order valence-corrected chi connectivity index (χ4v) is 3.13. The lowest BCUT2D eigenvalue weighted by atomic mass is 9.79. The molecule has 1 aromatic rings. The Hall–Kier alpha value is -1.26. The second-order valence-electron chi connectivity index (χ2n) is 6.18. The summed E-state index contributed by atoms with van der Waals surface area (Å²) < 4.78 is 60.1. The van der Waals surface area contributed by atoms with E-state index in [4.69, 9.17) is 0 Å². The van der Waals surface area contributed by atoms with Crippen LogP contribution in [0.1, 0.15) is 51.0 Å². The van der Waals surface area contributed by atoms with Crippen LogP contribution in [-0.4, -0.2) is 6.11 Å². The first kappa shape index (κ1) is 17.1. The van der Waals surface area contributed by atoms with E-state index in [0.29, 0.717) is 18.8 Å². The molecule has 0 heterocycles. The standard InChI is InChI=1S/C17H22F4O/c1-3-4-12-6-8-13(9-7-12)17(20,21)22-14-10-5-11(2)15(18)16(14)19/h5,10,12-13H,3-4,6-9H2,1-2H3. The predicted molar refractivity (Wildman–Crippen MR) is 77.0 cm³/mol. The monoisotopic (exact) mass is 318 g/mol. The van der Waals surface area contributed by atoms with Crippen LogP contribution in [0.25, 0.3) is 0 Å². The minimum atomic E-state index is -3.47. The van der Waals surface area contributed by atoms with E-state index >= 15 is 0 Å². The molecule has 0 amide bonds. The molecule has 2 rings (SSSR count). The first-order valence-corrected chi connectivity index (χ1v) is 7.86. The fraction of sp³-hybridized carbons (Fsp3) is 0.647. The zero-order chi connectivity index (χ0) is 16.3. The maximum atomic E-state index is 14.2. The average Bonchev–Trinajstić information content (AvgIpc) is 2.49. The maximum absolute atomic E-state index is 14.2. The van der Waals surface area contributed by atoms with Gasteiger partial charge in [0.1, 0.15) is 0 Å². The van der Waals surface area contributed by atoms with Crippen LogP contribution in [0.15, 0.2) is 12.1 Å². The molecule has 1 aromatic carbocycles. The lowest BCUT2D eigenvalue weighted by Gasteiger charge is -2.33. The average molecular weight is 318 g/mol. The molecule has 1 saturated carbocycles. The van der Waals surface area contributed by atoms with Gasteiger partial charge in [-0.3, -0.25) is 0 Å². The molecule has 0 N–H and O–H groups in total. The highest BCUT2D eigenvalue weighted by atomic mass is 19.3. The van der Waals surface area contributed by atoms with Crippen LogP contribution >= 0.6 is 0 Å². The van der Waals surface area contributed by atoms with Gasteiger partial charge in [0, 0.05) is 0 Å². The third-order valence-corrected chi connectivity index (χ3v) is 4.50. The van der Waals surface area contributed by atoms with Crippen molar-refractivity contribution in [2.45, 2.75) is 58.5 Å². The Kier molecular flexibility index (Phi) is 5.35. The second kappa shape index (κ2) is 6.88. The highest BCUT2D eigenvalue weighted by molar-refractivity contribution is 5.30. The van der Waals surface area contributed by atoms with Crippen molar-refractivity contribution < 1.29 is 22.3 Å². The molecular formula is C17H22F4O. The van der Waals surface area contributed by atoms with Crippen molar-refractivity contribution >= 4 is 0 Å². The quantitative estimate of drug-likeness (QED) is 0.619. The summed E-state index contributed by atoms with van der Waals surface area (Å²) >= 11 is 0. The largest absolute Gasteiger partial charge is 0.429 e. The number of aryl methyl sites for hydroxylation is 1. The Morgan fingerprint density at radius 3 is 2.32 bits per heavy atom. The molecule has 0 bridgehead atoms. The summed E-state index contributed by atoms with van der Waals surface area (Å²) in [6, 6.07) is 2.30. The van der Waals surface area contributed by atoms with E-state index in [-0.39, 0.29) is 5.56 Å². The van der Waals surface area contributed by atoms with E-state index in [2.05, 4.69) is 11.7 Å². The number of ether oxygens (including phenoxy) is 1. The number of hydrogen-bond acceptors (Lipinski definition) is 1. The second-order valence-corrected chi connectivity index (χ2v) is 6.18. The van der Waals surface area contributed by atoms with Crippen LogP contribution in [-0.2, 0) is 0 Å². The molecule has 0 radical (unpaired) electrons. The molecule has 124 valence electrons. The van der Waals surface area contributed by atoms with Gasteiger partial charge in [0.2, 0.25) is 5.82 Å². The smallest absolute Gasteiger partial charge is 0.400 e. The van der Waals surface area contributed by atoms with Gasteiger partial charge in [0.15, 0.2) is 11.6 Å². The summed E-state index contributed by atoms with van der Waals surface area (Å²) in [6.45, 7) is 3.45. The Morgan fingerprint density at radius 2 is 1.73 bits per heavy atom. The third-order valence-electron chi connectivity index (χ3n) is 4.50. The summed E-state index contributed by atoms with van der Waals surface area (Å²) in [5, 5.41) is 0. The van der Waals surface area contributed by atoms with Gasteiger partial charge < -0.3 is 4.74 Å². The third kappa shape index (κ3) is 3.73. The van der Waals surface area contributed by atoms with E-state index in [0.717, 1.165) is 31.7 Å². The van der Waals surface area contributed by atoms with Gasteiger partial charge in [-0.15, -0.1) is 0 Å². The summed E-state index contributed by atoms with van der Waals surface area (Å²) in [6.07, 6.45) is 0.818. The highest BCUT2D eigenvalue weighted by Gasteiger charge is 2.44. The number of alkyl halides is 2. The van der Waals surface area contributed by atoms with Crippen molar-refractivity contribution in [2.75, 3.05) is 0 Å². The Morgan fingerprint density at radius 1 is 1.09 bits per heavy atom. The van der Waals surface area contributed by atoms with Gasteiger partial charge in [0.05, 0.1) is 5.92 Å². The van der Waals surface area contributed by atoms with E-state index in [9.17, 15) is 17.6 Å². The molecule has 1 aliphatic rings. The zero-order valence-electron chi connectivity index (χ0n) is 13.0. The number of rotatable bonds is 5. The van der Waals surface area contributed by atoms with E-state index in [1.54, 1.807) is 0 Å². The van der Waals surface area contributed by atoms with Crippen LogP contribution in [0.3, 0.4) is 0 Å². The molecule has 1 aliphatic carbocycles. The molecule has 0 spiro atoms. The fourth-order valence-electron chi connectivity index (χ4n) is 3.13. The summed E-state index contributed by atoms with van der Waals surface area (Å²) in [7, 11) is 0. The first-order chi connectivity index (χ1) is 10.3. The number of benzene rings is 1. The van der Waals surface area contributed by atoms with Crippen LogP contribution in [0.2, 0.25) is 0 Å². The van der Waals surface area contributed by atoms with Crippen molar-refractivity contribution in [3.8, 4) is 5.75 Å². The van der Waals surface area contributed by atoms with Crippen molar-refractivity contribution in [3.05, 3.63) is 29.3 Å².